The second-order valence-electron chi connectivity index (χ2n) is 2.89. The van der Waals surface area contributed by atoms with Crippen LogP contribution >= 0.6 is 34.8 Å². The fourth-order valence-electron chi connectivity index (χ4n) is 0.959. The van der Waals surface area contributed by atoms with Crippen molar-refractivity contribution >= 4 is 45.2 Å². The van der Waals surface area contributed by atoms with Crippen LogP contribution in [0.4, 0.5) is 0 Å². The molecule has 1 unspecified atom stereocenters. The van der Waals surface area contributed by atoms with Crippen LogP contribution in [0.1, 0.15) is 6.92 Å². The van der Waals surface area contributed by atoms with E-state index in [-0.39, 0.29) is 50.4 Å². The van der Waals surface area contributed by atoms with Crippen molar-refractivity contribution in [1.29, 1.82) is 0 Å². The first kappa shape index (κ1) is 18.8. The van der Waals surface area contributed by atoms with Gasteiger partial charge in [0.25, 0.3) is 0 Å². The van der Waals surface area contributed by atoms with E-state index in [1.165, 1.54) is 19.1 Å². The maximum Gasteiger partial charge on any atom is 1.00 e. The second kappa shape index (κ2) is 7.52. The SMILES string of the molecule is CC(Oc1cc(Cl)c(Cl)cc1Cl)OS(=O)(=O)[O-].[Na+]. The van der Waals surface area contributed by atoms with E-state index in [9.17, 15) is 13.0 Å². The van der Waals surface area contributed by atoms with Gasteiger partial charge >= 0.3 is 29.6 Å². The molecule has 0 fully saturated rings. The first-order valence-corrected chi connectivity index (χ1v) is 6.61. The first-order valence-electron chi connectivity index (χ1n) is 4.14. The van der Waals surface area contributed by atoms with Crippen LogP contribution in [0.15, 0.2) is 12.1 Å². The molecule has 10 heteroatoms. The summed E-state index contributed by atoms with van der Waals surface area (Å²) in [7, 11) is -4.85. The summed E-state index contributed by atoms with van der Waals surface area (Å²) in [4.78, 5) is 0. The van der Waals surface area contributed by atoms with E-state index in [1.54, 1.807) is 0 Å². The molecule has 5 nitrogen and oxygen atoms in total. The molecule has 0 saturated heterocycles. The topological polar surface area (TPSA) is 75.7 Å². The largest absolute Gasteiger partial charge is 1.00 e. The molecule has 1 atom stereocenters. The van der Waals surface area contributed by atoms with Crippen molar-refractivity contribution in [3.05, 3.63) is 27.2 Å². The quantitative estimate of drug-likeness (QED) is 0.250. The summed E-state index contributed by atoms with van der Waals surface area (Å²) in [5.41, 5.74) is 0. The fraction of sp³-hybridized carbons (Fsp3) is 0.250. The van der Waals surface area contributed by atoms with Gasteiger partial charge in [-0.2, -0.15) is 0 Å². The Morgan fingerprint density at radius 1 is 1.17 bits per heavy atom. The van der Waals surface area contributed by atoms with Crippen molar-refractivity contribution in [3.8, 4) is 5.75 Å². The number of hydrogen-bond donors (Lipinski definition) is 0. The predicted molar refractivity (Wildman–Crippen MR) is 62.3 cm³/mol. The number of rotatable bonds is 4. The van der Waals surface area contributed by atoms with E-state index in [4.69, 9.17) is 39.5 Å². The van der Waals surface area contributed by atoms with Crippen LogP contribution in [0.5, 0.6) is 5.75 Å². The molecule has 0 saturated carbocycles. The van der Waals surface area contributed by atoms with E-state index >= 15 is 0 Å². The van der Waals surface area contributed by atoms with E-state index < -0.39 is 16.7 Å². The van der Waals surface area contributed by atoms with Gasteiger partial charge in [0.05, 0.1) is 15.1 Å². The van der Waals surface area contributed by atoms with Crippen LogP contribution in [-0.2, 0) is 14.6 Å². The molecule has 0 bridgehead atoms. The van der Waals surface area contributed by atoms with Crippen molar-refractivity contribution in [3.63, 3.8) is 0 Å². The normalized spacial score (nSPS) is 12.7. The molecule has 0 aliphatic rings. The summed E-state index contributed by atoms with van der Waals surface area (Å²) in [5.74, 6) is 0.0530. The number of benzene rings is 1. The predicted octanol–water partition coefficient (Wildman–Crippen LogP) is -0.148. The molecule has 0 amide bonds. The Kier molecular flexibility index (Phi) is 7.84. The minimum absolute atomic E-state index is 0. The molecule has 0 N–H and O–H groups in total. The fourth-order valence-corrected chi connectivity index (χ4v) is 1.91. The molecule has 0 aromatic heterocycles. The molecule has 1 rings (SSSR count). The van der Waals surface area contributed by atoms with E-state index in [0.29, 0.717) is 0 Å². The summed E-state index contributed by atoms with van der Waals surface area (Å²) in [6.07, 6.45) is -1.33. The Balaban J connectivity index is 0.00000289. The van der Waals surface area contributed by atoms with Crippen LogP contribution in [0.2, 0.25) is 15.1 Å². The minimum Gasteiger partial charge on any atom is -0.725 e. The van der Waals surface area contributed by atoms with Gasteiger partial charge < -0.3 is 9.29 Å². The summed E-state index contributed by atoms with van der Waals surface area (Å²) >= 11 is 17.2. The zero-order chi connectivity index (χ0) is 13.2. The smallest absolute Gasteiger partial charge is 0.725 e. The molecule has 18 heavy (non-hydrogen) atoms. The Morgan fingerprint density at radius 3 is 2.17 bits per heavy atom. The third-order valence-electron chi connectivity index (χ3n) is 1.52. The van der Waals surface area contributed by atoms with Gasteiger partial charge in [0.1, 0.15) is 5.75 Å². The molecule has 0 spiro atoms. The summed E-state index contributed by atoms with van der Waals surface area (Å²) in [6.45, 7) is 1.22. The third kappa shape index (κ3) is 6.27. The molecular formula is C8H6Cl3NaO5S. The molecule has 0 heterocycles. The summed E-state index contributed by atoms with van der Waals surface area (Å²) in [5, 5.41) is 0.496. The molecule has 1 aromatic rings. The minimum atomic E-state index is -4.85. The maximum atomic E-state index is 10.3. The number of halogens is 3. The van der Waals surface area contributed by atoms with Crippen LogP contribution < -0.4 is 34.3 Å². The van der Waals surface area contributed by atoms with Gasteiger partial charge in [-0.05, 0) is 13.0 Å². The monoisotopic (exact) mass is 342 g/mol. The molecule has 0 aliphatic carbocycles. The van der Waals surface area contributed by atoms with Gasteiger partial charge in [0.2, 0.25) is 16.7 Å². The second-order valence-corrected chi connectivity index (χ2v) is 5.12. The van der Waals surface area contributed by atoms with Crippen molar-refractivity contribution in [2.24, 2.45) is 0 Å². The zero-order valence-electron chi connectivity index (χ0n) is 9.32. The van der Waals surface area contributed by atoms with Gasteiger partial charge in [-0.15, -0.1) is 0 Å². The van der Waals surface area contributed by atoms with Crippen LogP contribution in [-0.4, -0.2) is 19.3 Å². The summed E-state index contributed by atoms with van der Waals surface area (Å²) in [6, 6.07) is 2.60. The average Bonchev–Trinajstić information content (AvgIpc) is 2.11. The summed E-state index contributed by atoms with van der Waals surface area (Å²) < 4.78 is 39.9. The number of hydrogen-bond acceptors (Lipinski definition) is 5. The average molecular weight is 344 g/mol. The van der Waals surface area contributed by atoms with Crippen molar-refractivity contribution in [1.82, 2.24) is 0 Å². The molecule has 0 aliphatic heterocycles. The first-order chi connectivity index (χ1) is 7.69. The van der Waals surface area contributed by atoms with Crippen molar-refractivity contribution in [2.45, 2.75) is 13.2 Å². The van der Waals surface area contributed by atoms with Gasteiger partial charge in [-0.1, -0.05) is 34.8 Å². The van der Waals surface area contributed by atoms with E-state index in [0.717, 1.165) is 0 Å². The standard InChI is InChI=1S/C8H7Cl3O5S.Na/c1-4(16-17(12,13)14)15-8-3-6(10)5(9)2-7(8)11;/h2-4H,1H3,(H,12,13,14);/q;+1/p-1. The van der Waals surface area contributed by atoms with Crippen LogP contribution in [0, 0.1) is 0 Å². The van der Waals surface area contributed by atoms with E-state index in [1.807, 2.05) is 0 Å². The third-order valence-corrected chi connectivity index (χ3v) is 3.05. The molecule has 1 aromatic carbocycles. The molecular weight excluding hydrogens is 337 g/mol. The molecule has 0 radical (unpaired) electrons. The van der Waals surface area contributed by atoms with Crippen molar-refractivity contribution in [2.75, 3.05) is 0 Å². The van der Waals surface area contributed by atoms with Crippen molar-refractivity contribution < 1.29 is 51.4 Å². The van der Waals surface area contributed by atoms with Crippen LogP contribution in [0.25, 0.3) is 0 Å². The molecule has 96 valence electrons. The van der Waals surface area contributed by atoms with Gasteiger partial charge in [0.15, 0.2) is 0 Å². The number of ether oxygens (including phenoxy) is 1. The van der Waals surface area contributed by atoms with Gasteiger partial charge in [-0.25, -0.2) is 12.6 Å². The Labute approximate surface area is 142 Å². The Hall–Kier alpha value is 0.760. The van der Waals surface area contributed by atoms with Crippen LogP contribution in [0.3, 0.4) is 0 Å². The van der Waals surface area contributed by atoms with Gasteiger partial charge in [0, 0.05) is 6.07 Å². The van der Waals surface area contributed by atoms with Gasteiger partial charge in [-0.3, -0.25) is 0 Å². The Bertz CT molecular complexity index is 522. The zero-order valence-corrected chi connectivity index (χ0v) is 14.4. The Morgan fingerprint density at radius 2 is 1.67 bits per heavy atom. The maximum absolute atomic E-state index is 10.3. The van der Waals surface area contributed by atoms with E-state index in [2.05, 4.69) is 4.18 Å².